The Labute approximate surface area is 227 Å². The molecule has 3 aromatic carbocycles. The van der Waals surface area contributed by atoms with Crippen molar-refractivity contribution in [3.63, 3.8) is 0 Å². The summed E-state index contributed by atoms with van der Waals surface area (Å²) in [6, 6.07) is 31.6. The third kappa shape index (κ3) is 10.6. The van der Waals surface area contributed by atoms with Gasteiger partial charge in [-0.15, -0.1) is 24.0 Å². The summed E-state index contributed by atoms with van der Waals surface area (Å²) in [5.74, 6) is 2.41. The Morgan fingerprint density at radius 2 is 0.970 bits per heavy atom. The predicted molar refractivity (Wildman–Crippen MR) is 131 cm³/mol. The van der Waals surface area contributed by atoms with Gasteiger partial charge in [0.2, 0.25) is 0 Å². The molecule has 2 aliphatic carbocycles. The quantitative estimate of drug-likeness (QED) is 0.304. The number of allylic oxidation sites excluding steroid dienone is 8. The van der Waals surface area contributed by atoms with Crippen molar-refractivity contribution in [3.8, 4) is 0 Å². The average Bonchev–Trinajstić information content (AvgIpc) is 3.57. The first-order valence-electron chi connectivity index (χ1n) is 10.5. The van der Waals surface area contributed by atoms with Gasteiger partial charge in [0.15, 0.2) is 0 Å². The van der Waals surface area contributed by atoms with Crippen LogP contribution in [-0.4, -0.2) is 9.98 Å². The van der Waals surface area contributed by atoms with E-state index in [9.17, 15) is 0 Å². The van der Waals surface area contributed by atoms with Gasteiger partial charge in [-0.1, -0.05) is 60.7 Å². The normalized spacial score (nSPS) is 12.6. The molecule has 3 aromatic rings. The molecule has 0 aliphatic heterocycles. The van der Waals surface area contributed by atoms with Crippen LogP contribution in [0.2, 0.25) is 5.76 Å². The predicted octanol–water partition coefficient (Wildman–Crippen LogP) is 0.736. The first-order valence-corrected chi connectivity index (χ1v) is 21.1. The molecule has 0 saturated heterocycles. The topological polar surface area (TPSA) is 0 Å². The van der Waals surface area contributed by atoms with Crippen molar-refractivity contribution < 1.29 is 46.4 Å². The van der Waals surface area contributed by atoms with Crippen LogP contribution in [0, 0.1) is 12.2 Å². The number of hydrogen-bond donors (Lipinski definition) is 0. The van der Waals surface area contributed by atoms with Crippen molar-refractivity contribution in [3.05, 3.63) is 139 Å². The van der Waals surface area contributed by atoms with E-state index in [1.54, 1.807) is 26.0 Å². The molecule has 0 amide bonds. The van der Waals surface area contributed by atoms with Crippen LogP contribution in [0.4, 0.5) is 0 Å². The maximum Gasteiger partial charge on any atom is -1.00 e. The molecule has 0 unspecified atom stereocenters. The minimum Gasteiger partial charge on any atom is -1.00 e. The Bertz CT molecular complexity index is 1020. The van der Waals surface area contributed by atoms with Gasteiger partial charge in [-0.25, -0.2) is 12.2 Å². The molecule has 0 aromatic heterocycles. The molecule has 0 saturated carbocycles. The zero-order valence-electron chi connectivity index (χ0n) is 18.6. The van der Waals surface area contributed by atoms with Gasteiger partial charge >= 0.3 is 72.1 Å². The van der Waals surface area contributed by atoms with Crippen molar-refractivity contribution in [1.29, 1.82) is 0 Å². The second-order valence-electron chi connectivity index (χ2n) is 7.15. The molecular formula is C29H26Cl2GeZr-2. The van der Waals surface area contributed by atoms with E-state index in [0.717, 1.165) is 12.8 Å². The van der Waals surface area contributed by atoms with Crippen LogP contribution in [0.1, 0.15) is 24.0 Å². The summed E-state index contributed by atoms with van der Waals surface area (Å²) in [6.45, 7) is 0. The Morgan fingerprint density at radius 1 is 0.606 bits per heavy atom. The molecule has 0 atom stereocenters. The SMILES string of the molecule is [C-]1=CC(c2ccccc2)=CC1.[C-]1=CC(c2ccccc2)=CC1.[CH3][Ge](=[Zr+2])[c]1ccccc1.[Cl-].[Cl-]. The van der Waals surface area contributed by atoms with Crippen molar-refractivity contribution >= 4 is 25.5 Å². The summed E-state index contributed by atoms with van der Waals surface area (Å²) in [4.78, 5) is 0. The summed E-state index contributed by atoms with van der Waals surface area (Å²) in [5, 5.41) is 0. The Balaban J connectivity index is 0.000000242. The molecule has 0 N–H and O–H groups in total. The molecule has 2 aliphatic rings. The molecule has 166 valence electrons. The van der Waals surface area contributed by atoms with E-state index >= 15 is 0 Å². The van der Waals surface area contributed by atoms with Gasteiger partial charge in [-0.05, 0) is 0 Å². The van der Waals surface area contributed by atoms with Gasteiger partial charge in [0, 0.05) is 0 Å². The molecule has 5 rings (SSSR count). The summed E-state index contributed by atoms with van der Waals surface area (Å²) < 4.78 is 1.62. The van der Waals surface area contributed by atoms with E-state index in [0.29, 0.717) is 0 Å². The fourth-order valence-electron chi connectivity index (χ4n) is 3.15. The summed E-state index contributed by atoms with van der Waals surface area (Å²) >= 11 is 1.76. The van der Waals surface area contributed by atoms with Crippen molar-refractivity contribution in [2.45, 2.75) is 18.6 Å². The summed E-state index contributed by atoms with van der Waals surface area (Å²) in [6.07, 6.45) is 16.7. The number of halogens is 2. The molecule has 0 bridgehead atoms. The Kier molecular flexibility index (Phi) is 15.4. The zero-order valence-corrected chi connectivity index (χ0v) is 24.7. The zero-order chi connectivity index (χ0) is 21.7. The third-order valence-corrected chi connectivity index (χ3v) is 11.0. The number of rotatable bonds is 3. The van der Waals surface area contributed by atoms with Gasteiger partial charge in [0.05, 0.1) is 0 Å². The standard InChI is InChI=1S/2C11H9.C7H8Ge.2ClH.Zr/c2*1-2-6-10(7-3-1)11-8-4-5-9-11;1-8-7-5-3-2-4-6-7;;;/h2*1-3,6-9H,4H2;2-6H,1H3;2*1H;/q2*-1;;;;+2/p-2. The fraction of sp³-hybridized carbons (Fsp3) is 0.103. The maximum atomic E-state index is 3.15. The van der Waals surface area contributed by atoms with Crippen LogP contribution in [0.15, 0.2) is 115 Å². The van der Waals surface area contributed by atoms with Crippen molar-refractivity contribution in [2.75, 3.05) is 0 Å². The van der Waals surface area contributed by atoms with E-state index in [2.05, 4.69) is 121 Å². The molecule has 33 heavy (non-hydrogen) atoms. The Hall–Kier alpha value is -1.37. The molecule has 0 radical (unpaired) electrons. The van der Waals surface area contributed by atoms with Crippen LogP contribution < -0.4 is 29.2 Å². The van der Waals surface area contributed by atoms with Gasteiger partial charge in [-0.2, -0.15) is 23.3 Å². The first kappa shape index (κ1) is 29.7. The number of hydrogen-bond acceptors (Lipinski definition) is 0. The Morgan fingerprint density at radius 3 is 1.24 bits per heavy atom. The minimum atomic E-state index is -0.676. The average molecular weight is 609 g/mol. The van der Waals surface area contributed by atoms with Crippen molar-refractivity contribution in [1.82, 2.24) is 0 Å². The van der Waals surface area contributed by atoms with Crippen molar-refractivity contribution in [2.24, 2.45) is 0 Å². The molecule has 0 nitrogen and oxygen atoms in total. The largest absolute Gasteiger partial charge is 1.00 e. The fourth-order valence-corrected chi connectivity index (χ4v) is 6.73. The number of benzene rings is 3. The van der Waals surface area contributed by atoms with Crippen LogP contribution in [0.3, 0.4) is 0 Å². The second-order valence-corrected chi connectivity index (χ2v) is 20.6. The molecule has 0 heterocycles. The smallest absolute Gasteiger partial charge is 1.00 e. The first-order chi connectivity index (χ1) is 15.2. The van der Waals surface area contributed by atoms with E-state index < -0.39 is 9.98 Å². The van der Waals surface area contributed by atoms with Crippen LogP contribution >= 0.6 is 0 Å². The minimum absolute atomic E-state index is 0. The molecular weight excluding hydrogens is 583 g/mol. The molecule has 0 fully saturated rings. The van der Waals surface area contributed by atoms with E-state index in [4.69, 9.17) is 0 Å². The molecule has 4 heteroatoms. The van der Waals surface area contributed by atoms with E-state index in [-0.39, 0.29) is 24.8 Å². The molecule has 0 spiro atoms. The van der Waals surface area contributed by atoms with Gasteiger partial charge in [0.25, 0.3) is 0 Å². The second kappa shape index (κ2) is 17.1. The monoisotopic (exact) mass is 608 g/mol. The van der Waals surface area contributed by atoms with E-state index in [1.807, 2.05) is 12.1 Å². The van der Waals surface area contributed by atoms with Crippen LogP contribution in [0.5, 0.6) is 0 Å². The van der Waals surface area contributed by atoms with Crippen LogP contribution in [0.25, 0.3) is 11.1 Å². The van der Waals surface area contributed by atoms with Gasteiger partial charge in [0.1, 0.15) is 0 Å². The third-order valence-electron chi connectivity index (χ3n) is 4.82. The summed E-state index contributed by atoms with van der Waals surface area (Å²) in [5.41, 5.74) is 5.17. The van der Waals surface area contributed by atoms with Crippen LogP contribution in [-0.2, 0) is 21.6 Å². The van der Waals surface area contributed by atoms with E-state index in [1.165, 1.54) is 22.3 Å². The van der Waals surface area contributed by atoms with Gasteiger partial charge < -0.3 is 24.8 Å². The van der Waals surface area contributed by atoms with Gasteiger partial charge in [-0.3, -0.25) is 12.2 Å². The maximum absolute atomic E-state index is 3.15. The summed E-state index contributed by atoms with van der Waals surface area (Å²) in [7, 11) is -0.676.